The van der Waals surface area contributed by atoms with Crippen LogP contribution in [0, 0.1) is 5.92 Å². The zero-order chi connectivity index (χ0) is 13.9. The van der Waals surface area contributed by atoms with Crippen molar-refractivity contribution in [2.75, 3.05) is 19.8 Å². The van der Waals surface area contributed by atoms with Crippen molar-refractivity contribution in [3.63, 3.8) is 0 Å². The molecular formula is C11H14Cl2N2O3S. The Bertz CT molecular complexity index is 545. The van der Waals surface area contributed by atoms with Gasteiger partial charge in [-0.1, -0.05) is 23.2 Å². The van der Waals surface area contributed by atoms with Gasteiger partial charge in [-0.05, 0) is 24.8 Å². The summed E-state index contributed by atoms with van der Waals surface area (Å²) in [6.07, 6.45) is 2.92. The lowest BCUT2D eigenvalue weighted by molar-refractivity contribution is 0.0678. The van der Waals surface area contributed by atoms with Crippen LogP contribution in [-0.4, -0.2) is 33.2 Å². The van der Waals surface area contributed by atoms with Crippen molar-refractivity contribution in [2.24, 2.45) is 5.92 Å². The van der Waals surface area contributed by atoms with Crippen molar-refractivity contribution in [2.45, 2.75) is 17.7 Å². The summed E-state index contributed by atoms with van der Waals surface area (Å²) in [6, 6.07) is 1.29. The number of hydrogen-bond donors (Lipinski definition) is 1. The number of hydrogen-bond acceptors (Lipinski definition) is 4. The molecule has 0 amide bonds. The minimum atomic E-state index is -3.60. The Kier molecular flexibility index (Phi) is 5.03. The quantitative estimate of drug-likeness (QED) is 0.861. The lowest BCUT2D eigenvalue weighted by Crippen LogP contribution is -2.32. The normalized spacial score (nSPS) is 17.6. The number of pyridine rings is 1. The van der Waals surface area contributed by atoms with Crippen LogP contribution in [0.5, 0.6) is 0 Å². The number of halogens is 2. The first-order valence-corrected chi connectivity index (χ1v) is 8.11. The summed E-state index contributed by atoms with van der Waals surface area (Å²) in [6.45, 7) is 1.76. The summed E-state index contributed by atoms with van der Waals surface area (Å²) in [5.74, 6) is 0.305. The summed E-state index contributed by atoms with van der Waals surface area (Å²) in [4.78, 5) is 3.76. The van der Waals surface area contributed by atoms with Gasteiger partial charge in [-0.3, -0.25) is 0 Å². The number of nitrogens with one attached hydrogen (secondary N) is 1. The monoisotopic (exact) mass is 324 g/mol. The number of sulfonamides is 1. The van der Waals surface area contributed by atoms with E-state index < -0.39 is 10.0 Å². The third-order valence-corrected chi connectivity index (χ3v) is 5.06. The van der Waals surface area contributed by atoms with Gasteiger partial charge < -0.3 is 4.74 Å². The molecular weight excluding hydrogens is 311 g/mol. The molecule has 5 nitrogen and oxygen atoms in total. The van der Waals surface area contributed by atoms with Crippen molar-refractivity contribution < 1.29 is 13.2 Å². The molecule has 8 heteroatoms. The lowest BCUT2D eigenvalue weighted by Gasteiger charge is -2.22. The Labute approximate surface area is 122 Å². The van der Waals surface area contributed by atoms with E-state index in [1.165, 1.54) is 12.3 Å². The van der Waals surface area contributed by atoms with Crippen LogP contribution in [0.3, 0.4) is 0 Å². The fourth-order valence-corrected chi connectivity index (χ4v) is 3.23. The predicted octanol–water partition coefficient (Wildman–Crippen LogP) is 2.09. The number of aromatic nitrogens is 1. The van der Waals surface area contributed by atoms with E-state index in [1.54, 1.807) is 0 Å². The van der Waals surface area contributed by atoms with Gasteiger partial charge >= 0.3 is 0 Å². The molecule has 106 valence electrons. The van der Waals surface area contributed by atoms with Gasteiger partial charge in [-0.25, -0.2) is 18.1 Å². The van der Waals surface area contributed by atoms with Crippen molar-refractivity contribution in [3.8, 4) is 0 Å². The highest BCUT2D eigenvalue weighted by Gasteiger charge is 2.20. The first kappa shape index (κ1) is 15.0. The van der Waals surface area contributed by atoms with Gasteiger partial charge in [-0.15, -0.1) is 0 Å². The highest BCUT2D eigenvalue weighted by molar-refractivity contribution is 7.89. The molecule has 2 rings (SSSR count). The molecule has 0 aliphatic carbocycles. The molecule has 0 unspecified atom stereocenters. The Balaban J connectivity index is 2.02. The molecule has 1 aliphatic rings. The van der Waals surface area contributed by atoms with Crippen molar-refractivity contribution in [1.82, 2.24) is 9.71 Å². The fourth-order valence-electron chi connectivity index (χ4n) is 1.81. The first-order chi connectivity index (χ1) is 8.99. The van der Waals surface area contributed by atoms with Gasteiger partial charge in [-0.2, -0.15) is 0 Å². The maximum atomic E-state index is 12.1. The lowest BCUT2D eigenvalue weighted by atomic mass is 10.0. The van der Waals surface area contributed by atoms with Crippen LogP contribution >= 0.6 is 23.2 Å². The number of rotatable bonds is 4. The van der Waals surface area contributed by atoms with E-state index in [9.17, 15) is 8.42 Å². The zero-order valence-corrected chi connectivity index (χ0v) is 12.4. The average molecular weight is 325 g/mol. The van der Waals surface area contributed by atoms with Crippen LogP contribution in [0.15, 0.2) is 17.2 Å². The molecule has 1 aromatic rings. The summed E-state index contributed by atoms with van der Waals surface area (Å²) in [5, 5.41) is 0.209. The molecule has 0 bridgehead atoms. The topological polar surface area (TPSA) is 68.3 Å². The van der Waals surface area contributed by atoms with E-state index in [4.69, 9.17) is 27.9 Å². The Morgan fingerprint density at radius 2 is 2.05 bits per heavy atom. The third-order valence-electron chi connectivity index (χ3n) is 2.98. The molecule has 0 atom stereocenters. The second-order valence-electron chi connectivity index (χ2n) is 4.35. The first-order valence-electron chi connectivity index (χ1n) is 5.87. The van der Waals surface area contributed by atoms with E-state index in [0.717, 1.165) is 12.8 Å². The molecule has 0 saturated carbocycles. The summed E-state index contributed by atoms with van der Waals surface area (Å²) in [7, 11) is -3.60. The zero-order valence-electron chi connectivity index (χ0n) is 10.1. The Morgan fingerprint density at radius 1 is 1.37 bits per heavy atom. The molecule has 2 heterocycles. The van der Waals surface area contributed by atoms with E-state index in [2.05, 4.69) is 9.71 Å². The van der Waals surface area contributed by atoms with E-state index in [0.29, 0.717) is 25.7 Å². The average Bonchev–Trinajstić information content (AvgIpc) is 2.41. The molecule has 1 aromatic heterocycles. The minimum Gasteiger partial charge on any atom is -0.381 e. The van der Waals surface area contributed by atoms with Gasteiger partial charge in [0.15, 0.2) is 0 Å². The molecule has 1 N–H and O–H groups in total. The van der Waals surface area contributed by atoms with Crippen LogP contribution in [0.4, 0.5) is 0 Å². The molecule has 1 saturated heterocycles. The van der Waals surface area contributed by atoms with Gasteiger partial charge in [0.05, 0.1) is 5.02 Å². The Hall–Kier alpha value is -0.400. The van der Waals surface area contributed by atoms with Crippen LogP contribution in [-0.2, 0) is 14.8 Å². The molecule has 0 radical (unpaired) electrons. The highest BCUT2D eigenvalue weighted by Crippen LogP contribution is 2.22. The van der Waals surface area contributed by atoms with Crippen LogP contribution in [0.1, 0.15) is 12.8 Å². The van der Waals surface area contributed by atoms with E-state index in [1.807, 2.05) is 0 Å². The fraction of sp³-hybridized carbons (Fsp3) is 0.545. The third kappa shape index (κ3) is 4.03. The maximum absolute atomic E-state index is 12.1. The van der Waals surface area contributed by atoms with Crippen molar-refractivity contribution in [3.05, 3.63) is 22.4 Å². The number of nitrogens with zero attached hydrogens (tertiary/aromatic N) is 1. The predicted molar refractivity (Wildman–Crippen MR) is 73.0 cm³/mol. The second kappa shape index (κ2) is 6.37. The van der Waals surface area contributed by atoms with Gasteiger partial charge in [0.1, 0.15) is 10.0 Å². The van der Waals surface area contributed by atoms with Gasteiger partial charge in [0.2, 0.25) is 10.0 Å². The highest BCUT2D eigenvalue weighted by atomic mass is 35.5. The standard InChI is InChI=1S/C11H14Cl2N2O3S/c12-10-5-9(7-14-11(10)13)19(16,17)15-6-8-1-3-18-4-2-8/h5,7-8,15H,1-4,6H2. The number of ether oxygens (including phenoxy) is 1. The summed E-state index contributed by atoms with van der Waals surface area (Å²) in [5.41, 5.74) is 0. The smallest absolute Gasteiger partial charge is 0.242 e. The molecule has 1 fully saturated rings. The SMILES string of the molecule is O=S(=O)(NCC1CCOCC1)c1cnc(Cl)c(Cl)c1. The van der Waals surface area contributed by atoms with Gasteiger partial charge in [0.25, 0.3) is 0 Å². The van der Waals surface area contributed by atoms with E-state index in [-0.39, 0.29) is 15.1 Å². The van der Waals surface area contributed by atoms with E-state index >= 15 is 0 Å². The van der Waals surface area contributed by atoms with Crippen molar-refractivity contribution >= 4 is 33.2 Å². The van der Waals surface area contributed by atoms with Crippen LogP contribution < -0.4 is 4.72 Å². The van der Waals surface area contributed by atoms with Crippen LogP contribution in [0.25, 0.3) is 0 Å². The van der Waals surface area contributed by atoms with Gasteiger partial charge in [0, 0.05) is 26.0 Å². The summed E-state index contributed by atoms with van der Waals surface area (Å²) < 4.78 is 31.9. The molecule has 19 heavy (non-hydrogen) atoms. The molecule has 1 aliphatic heterocycles. The van der Waals surface area contributed by atoms with Crippen LogP contribution in [0.2, 0.25) is 10.2 Å². The maximum Gasteiger partial charge on any atom is 0.242 e. The largest absolute Gasteiger partial charge is 0.381 e. The molecule has 0 spiro atoms. The summed E-state index contributed by atoms with van der Waals surface area (Å²) >= 11 is 11.4. The second-order valence-corrected chi connectivity index (χ2v) is 6.88. The molecule has 0 aromatic carbocycles. The minimum absolute atomic E-state index is 0.0222. The Morgan fingerprint density at radius 3 is 2.68 bits per heavy atom. The van der Waals surface area contributed by atoms with Crippen molar-refractivity contribution in [1.29, 1.82) is 0 Å².